The van der Waals surface area contributed by atoms with E-state index < -0.39 is 0 Å². The topological polar surface area (TPSA) is 59.9 Å². The van der Waals surface area contributed by atoms with Gasteiger partial charge in [-0.3, -0.25) is 0 Å². The molecule has 3 aromatic carbocycles. The van der Waals surface area contributed by atoms with E-state index >= 15 is 0 Å². The largest absolute Gasteiger partial charge is 0.424 e. The van der Waals surface area contributed by atoms with Crippen LogP contribution < -0.4 is 10.1 Å². The third-order valence-corrected chi connectivity index (χ3v) is 4.08. The smallest absolute Gasteiger partial charge is 0.327 e. The Morgan fingerprint density at radius 1 is 0.846 bits per heavy atom. The van der Waals surface area contributed by atoms with E-state index in [9.17, 15) is 0 Å². The van der Waals surface area contributed by atoms with Crippen molar-refractivity contribution in [2.24, 2.45) is 0 Å². The van der Waals surface area contributed by atoms with Gasteiger partial charge in [0.15, 0.2) is 0 Å². The molecule has 0 aliphatic rings. The molecule has 0 fully saturated rings. The summed E-state index contributed by atoms with van der Waals surface area (Å²) >= 11 is 4.28. The Morgan fingerprint density at radius 3 is 2.42 bits per heavy atom. The van der Waals surface area contributed by atoms with E-state index in [1.165, 1.54) is 0 Å². The van der Waals surface area contributed by atoms with E-state index in [2.05, 4.69) is 39.0 Å². The van der Waals surface area contributed by atoms with Crippen molar-refractivity contribution in [2.45, 2.75) is 11.8 Å². The van der Waals surface area contributed by atoms with Gasteiger partial charge in [-0.1, -0.05) is 30.3 Å². The molecule has 1 N–H and O–H groups in total. The highest BCUT2D eigenvalue weighted by Gasteiger charge is 2.07. The fraction of sp³-hybridized carbons (Fsp3) is 0.0500. The number of ether oxygens (including phenoxy) is 1. The Morgan fingerprint density at radius 2 is 1.62 bits per heavy atom. The van der Waals surface area contributed by atoms with Crippen molar-refractivity contribution in [3.8, 4) is 11.8 Å². The number of benzene rings is 3. The molecule has 128 valence electrons. The van der Waals surface area contributed by atoms with E-state index in [0.29, 0.717) is 17.5 Å². The molecule has 4 rings (SSSR count). The van der Waals surface area contributed by atoms with Crippen LogP contribution in [0.5, 0.6) is 11.8 Å². The van der Waals surface area contributed by atoms with Crippen molar-refractivity contribution in [2.75, 3.05) is 5.32 Å². The first-order valence-corrected chi connectivity index (χ1v) is 8.56. The zero-order valence-electron chi connectivity index (χ0n) is 14.0. The van der Waals surface area contributed by atoms with Crippen LogP contribution in [0.3, 0.4) is 0 Å². The van der Waals surface area contributed by atoms with Gasteiger partial charge in [0.1, 0.15) is 11.6 Å². The molecule has 0 aliphatic heterocycles. The number of hydrogen-bond acceptors (Lipinski definition) is 6. The maximum absolute atomic E-state index is 5.85. The molecule has 6 heteroatoms. The van der Waals surface area contributed by atoms with Gasteiger partial charge < -0.3 is 10.1 Å². The first-order chi connectivity index (χ1) is 12.7. The van der Waals surface area contributed by atoms with Gasteiger partial charge in [0.25, 0.3) is 0 Å². The summed E-state index contributed by atoms with van der Waals surface area (Å²) in [7, 11) is 0. The van der Waals surface area contributed by atoms with Gasteiger partial charge in [0.05, 0.1) is 0 Å². The number of nitrogens with one attached hydrogen (secondary N) is 1. The van der Waals surface area contributed by atoms with E-state index in [4.69, 9.17) is 4.74 Å². The van der Waals surface area contributed by atoms with Crippen molar-refractivity contribution in [1.29, 1.82) is 0 Å². The molecule has 0 saturated carbocycles. The summed E-state index contributed by atoms with van der Waals surface area (Å²) in [5.74, 6) is 1.68. The summed E-state index contributed by atoms with van der Waals surface area (Å²) in [6, 6.07) is 21.8. The Hall–Kier alpha value is -3.12. The highest BCUT2D eigenvalue weighted by molar-refractivity contribution is 7.80. The summed E-state index contributed by atoms with van der Waals surface area (Å²) < 4.78 is 5.85. The second-order valence-corrected chi connectivity index (χ2v) is 6.29. The first kappa shape index (κ1) is 16.4. The van der Waals surface area contributed by atoms with Gasteiger partial charge in [-0.05, 0) is 54.1 Å². The minimum absolute atomic E-state index is 0.251. The lowest BCUT2D eigenvalue weighted by Crippen LogP contribution is -2.03. The molecule has 0 unspecified atom stereocenters. The van der Waals surface area contributed by atoms with Crippen LogP contribution in [0.1, 0.15) is 5.82 Å². The first-order valence-electron chi connectivity index (χ1n) is 8.11. The lowest BCUT2D eigenvalue weighted by molar-refractivity contribution is 0.439. The molecule has 0 atom stereocenters. The second-order valence-electron chi connectivity index (χ2n) is 5.77. The standard InChI is InChI=1S/C20H16N4OS/c1-13-21-19(23-16-7-10-18(26)11-8-16)24-20(22-13)25-17-9-6-14-4-2-3-5-15(14)12-17/h2-12,26H,1H3,(H,21,22,23,24). The second kappa shape index (κ2) is 7.01. The molecular weight excluding hydrogens is 344 g/mol. The Balaban J connectivity index is 1.59. The van der Waals surface area contributed by atoms with Crippen molar-refractivity contribution in [1.82, 2.24) is 15.0 Å². The summed E-state index contributed by atoms with van der Waals surface area (Å²) in [5.41, 5.74) is 0.866. The van der Waals surface area contributed by atoms with Crippen LogP contribution in [-0.2, 0) is 0 Å². The summed E-state index contributed by atoms with van der Waals surface area (Å²) in [5, 5.41) is 5.40. The molecule has 0 saturated heterocycles. The van der Waals surface area contributed by atoms with Crippen molar-refractivity contribution in [3.63, 3.8) is 0 Å². The van der Waals surface area contributed by atoms with Gasteiger partial charge in [-0.2, -0.15) is 15.0 Å². The average molecular weight is 360 g/mol. The molecule has 0 bridgehead atoms. The zero-order valence-corrected chi connectivity index (χ0v) is 14.9. The quantitative estimate of drug-likeness (QED) is 0.492. The number of rotatable bonds is 4. The molecule has 0 spiro atoms. The van der Waals surface area contributed by atoms with Crippen LogP contribution >= 0.6 is 12.6 Å². The predicted octanol–water partition coefficient (Wildman–Crippen LogP) is 5.16. The number of aryl methyl sites for hydroxylation is 1. The summed E-state index contributed by atoms with van der Waals surface area (Å²) in [4.78, 5) is 13.8. The van der Waals surface area contributed by atoms with Crippen molar-refractivity contribution >= 4 is 35.0 Å². The van der Waals surface area contributed by atoms with Crippen molar-refractivity contribution < 1.29 is 4.74 Å². The average Bonchev–Trinajstić information content (AvgIpc) is 2.63. The van der Waals surface area contributed by atoms with Gasteiger partial charge in [0.2, 0.25) is 5.95 Å². The Labute approximate surface area is 156 Å². The molecule has 26 heavy (non-hydrogen) atoms. The van der Waals surface area contributed by atoms with E-state index in [-0.39, 0.29) is 6.01 Å². The fourth-order valence-electron chi connectivity index (χ4n) is 2.57. The fourth-order valence-corrected chi connectivity index (χ4v) is 2.72. The lowest BCUT2D eigenvalue weighted by atomic mass is 10.1. The molecular formula is C20H16N4OS. The van der Waals surface area contributed by atoms with Crippen molar-refractivity contribution in [3.05, 3.63) is 72.6 Å². The number of thiol groups is 1. The predicted molar refractivity (Wildman–Crippen MR) is 106 cm³/mol. The molecule has 0 amide bonds. The minimum Gasteiger partial charge on any atom is -0.424 e. The van der Waals surface area contributed by atoms with Gasteiger partial charge in [-0.25, -0.2) is 0 Å². The molecule has 4 aromatic rings. The summed E-state index contributed by atoms with van der Waals surface area (Å²) in [6.07, 6.45) is 0. The molecule has 5 nitrogen and oxygen atoms in total. The minimum atomic E-state index is 0.251. The molecule has 1 heterocycles. The van der Waals surface area contributed by atoms with Crippen LogP contribution in [0.2, 0.25) is 0 Å². The summed E-state index contributed by atoms with van der Waals surface area (Å²) in [6.45, 7) is 1.80. The zero-order chi connectivity index (χ0) is 17.9. The lowest BCUT2D eigenvalue weighted by Gasteiger charge is -2.09. The normalized spacial score (nSPS) is 10.7. The maximum Gasteiger partial charge on any atom is 0.327 e. The SMILES string of the molecule is Cc1nc(Nc2ccc(S)cc2)nc(Oc2ccc3ccccc3c2)n1. The van der Waals surface area contributed by atoms with Gasteiger partial charge in [-0.15, -0.1) is 12.6 Å². The Bertz CT molecular complexity index is 1070. The molecule has 0 aliphatic carbocycles. The maximum atomic E-state index is 5.85. The van der Waals surface area contributed by atoms with Crippen LogP contribution in [0.4, 0.5) is 11.6 Å². The third kappa shape index (κ3) is 3.75. The number of aromatic nitrogens is 3. The highest BCUT2D eigenvalue weighted by Crippen LogP contribution is 2.25. The Kier molecular flexibility index (Phi) is 4.41. The highest BCUT2D eigenvalue weighted by atomic mass is 32.1. The van der Waals surface area contributed by atoms with Crippen LogP contribution in [0.15, 0.2) is 71.6 Å². The van der Waals surface area contributed by atoms with E-state index in [1.54, 1.807) is 6.92 Å². The number of hydrogen-bond donors (Lipinski definition) is 2. The van der Waals surface area contributed by atoms with Gasteiger partial charge in [0, 0.05) is 10.6 Å². The van der Waals surface area contributed by atoms with E-state index in [1.807, 2.05) is 60.7 Å². The molecule has 0 radical (unpaired) electrons. The molecule has 1 aromatic heterocycles. The number of nitrogens with zero attached hydrogens (tertiary/aromatic N) is 3. The number of fused-ring (bicyclic) bond motifs is 1. The van der Waals surface area contributed by atoms with E-state index in [0.717, 1.165) is 21.4 Å². The van der Waals surface area contributed by atoms with Crippen LogP contribution in [0, 0.1) is 6.92 Å². The number of anilines is 2. The van der Waals surface area contributed by atoms with Crippen LogP contribution in [-0.4, -0.2) is 15.0 Å². The van der Waals surface area contributed by atoms with Gasteiger partial charge >= 0.3 is 6.01 Å². The monoisotopic (exact) mass is 360 g/mol. The van der Waals surface area contributed by atoms with Crippen LogP contribution in [0.25, 0.3) is 10.8 Å². The third-order valence-electron chi connectivity index (χ3n) is 3.78.